The number of carbonyl (C=O) groups excluding carboxylic acids is 1. The van der Waals surface area contributed by atoms with E-state index in [4.69, 9.17) is 5.11 Å². The van der Waals surface area contributed by atoms with Gasteiger partial charge in [-0.1, -0.05) is 19.1 Å². The van der Waals surface area contributed by atoms with Gasteiger partial charge in [-0.3, -0.25) is 19.6 Å². The van der Waals surface area contributed by atoms with Crippen LogP contribution in [0.1, 0.15) is 30.1 Å². The number of hydrogen-bond donors (Lipinski definition) is 3. The van der Waals surface area contributed by atoms with E-state index >= 15 is 0 Å². The fourth-order valence-electron chi connectivity index (χ4n) is 3.10. The Hall–Kier alpha value is -2.74. The molecule has 0 spiro atoms. The largest absolute Gasteiger partial charge is 0.480 e. The third-order valence-electron chi connectivity index (χ3n) is 4.52. The van der Waals surface area contributed by atoms with Crippen molar-refractivity contribution in [3.8, 4) is 11.4 Å². The van der Waals surface area contributed by atoms with Crippen LogP contribution in [0.25, 0.3) is 11.4 Å². The first-order chi connectivity index (χ1) is 12.1. The summed E-state index contributed by atoms with van der Waals surface area (Å²) in [5.41, 5.74) is 1.37. The SMILES string of the molecule is CCN(CC(=O)O)C1CC(NC(=O)c2cccc(-c3ncn[nH]3)c2)C1. The molecule has 8 heteroatoms. The summed E-state index contributed by atoms with van der Waals surface area (Å²) in [7, 11) is 0. The summed E-state index contributed by atoms with van der Waals surface area (Å²) < 4.78 is 0. The van der Waals surface area contributed by atoms with E-state index in [0.717, 1.165) is 18.4 Å². The van der Waals surface area contributed by atoms with E-state index in [9.17, 15) is 9.59 Å². The number of aromatic amines is 1. The molecule has 3 rings (SSSR count). The molecule has 1 aliphatic carbocycles. The van der Waals surface area contributed by atoms with E-state index in [2.05, 4.69) is 20.5 Å². The molecule has 25 heavy (non-hydrogen) atoms. The molecule has 0 radical (unpaired) electrons. The first-order valence-corrected chi connectivity index (χ1v) is 8.29. The van der Waals surface area contributed by atoms with Gasteiger partial charge in [0.1, 0.15) is 6.33 Å². The Kier molecular flexibility index (Phi) is 5.08. The molecule has 0 unspecified atom stereocenters. The van der Waals surface area contributed by atoms with Gasteiger partial charge < -0.3 is 10.4 Å². The normalized spacial score (nSPS) is 19.4. The van der Waals surface area contributed by atoms with E-state index in [1.807, 2.05) is 24.0 Å². The van der Waals surface area contributed by atoms with Crippen molar-refractivity contribution in [2.75, 3.05) is 13.1 Å². The number of rotatable bonds is 7. The second-order valence-electron chi connectivity index (χ2n) is 6.17. The average molecular weight is 343 g/mol. The zero-order valence-electron chi connectivity index (χ0n) is 14.0. The molecule has 1 fully saturated rings. The van der Waals surface area contributed by atoms with E-state index < -0.39 is 5.97 Å². The Morgan fingerprint density at radius 2 is 2.20 bits per heavy atom. The molecule has 0 saturated heterocycles. The van der Waals surface area contributed by atoms with Gasteiger partial charge in [0.15, 0.2) is 5.82 Å². The highest BCUT2D eigenvalue weighted by Gasteiger charge is 2.34. The van der Waals surface area contributed by atoms with Crippen LogP contribution in [-0.2, 0) is 4.79 Å². The third kappa shape index (κ3) is 4.03. The van der Waals surface area contributed by atoms with Crippen molar-refractivity contribution in [3.63, 3.8) is 0 Å². The Bertz CT molecular complexity index is 741. The minimum atomic E-state index is -0.821. The van der Waals surface area contributed by atoms with Gasteiger partial charge in [-0.05, 0) is 31.5 Å². The lowest BCUT2D eigenvalue weighted by Gasteiger charge is -2.42. The molecule has 3 N–H and O–H groups in total. The Morgan fingerprint density at radius 3 is 2.84 bits per heavy atom. The van der Waals surface area contributed by atoms with Crippen LogP contribution in [0.3, 0.4) is 0 Å². The van der Waals surface area contributed by atoms with Crippen LogP contribution in [0.15, 0.2) is 30.6 Å². The molecular formula is C17H21N5O3. The van der Waals surface area contributed by atoms with Crippen molar-refractivity contribution in [2.24, 2.45) is 0 Å². The predicted molar refractivity (Wildman–Crippen MR) is 91.0 cm³/mol. The van der Waals surface area contributed by atoms with Crippen LogP contribution >= 0.6 is 0 Å². The summed E-state index contributed by atoms with van der Waals surface area (Å²) in [4.78, 5) is 29.3. The van der Waals surface area contributed by atoms with Crippen molar-refractivity contribution in [2.45, 2.75) is 31.8 Å². The van der Waals surface area contributed by atoms with Gasteiger partial charge in [-0.15, -0.1) is 0 Å². The Balaban J connectivity index is 1.56. The molecule has 1 amide bonds. The van der Waals surface area contributed by atoms with Gasteiger partial charge in [-0.2, -0.15) is 5.10 Å². The summed E-state index contributed by atoms with van der Waals surface area (Å²) in [6.07, 6.45) is 2.97. The number of hydrogen-bond acceptors (Lipinski definition) is 5. The lowest BCUT2D eigenvalue weighted by atomic mass is 9.85. The zero-order valence-corrected chi connectivity index (χ0v) is 14.0. The van der Waals surface area contributed by atoms with Gasteiger partial charge in [0, 0.05) is 23.2 Å². The second-order valence-corrected chi connectivity index (χ2v) is 6.17. The molecule has 1 aromatic heterocycles. The van der Waals surface area contributed by atoms with Crippen LogP contribution in [0.5, 0.6) is 0 Å². The van der Waals surface area contributed by atoms with Crippen LogP contribution in [0.2, 0.25) is 0 Å². The monoisotopic (exact) mass is 343 g/mol. The number of H-pyrrole nitrogens is 1. The molecule has 1 heterocycles. The highest BCUT2D eigenvalue weighted by molar-refractivity contribution is 5.95. The Labute approximate surface area is 145 Å². The second kappa shape index (κ2) is 7.43. The fourth-order valence-corrected chi connectivity index (χ4v) is 3.10. The minimum Gasteiger partial charge on any atom is -0.480 e. The number of benzene rings is 1. The number of carbonyl (C=O) groups is 2. The number of aliphatic carboxylic acids is 1. The fraction of sp³-hybridized carbons (Fsp3) is 0.412. The summed E-state index contributed by atoms with van der Waals surface area (Å²) >= 11 is 0. The van der Waals surface area contributed by atoms with Crippen molar-refractivity contribution in [1.82, 2.24) is 25.4 Å². The van der Waals surface area contributed by atoms with Gasteiger partial charge in [0.05, 0.1) is 6.54 Å². The summed E-state index contributed by atoms with van der Waals surface area (Å²) in [5, 5.41) is 18.5. The van der Waals surface area contributed by atoms with Crippen molar-refractivity contribution >= 4 is 11.9 Å². The lowest BCUT2D eigenvalue weighted by Crippen LogP contribution is -2.54. The number of nitrogens with zero attached hydrogens (tertiary/aromatic N) is 3. The molecule has 0 bridgehead atoms. The van der Waals surface area contributed by atoms with Gasteiger partial charge in [0.2, 0.25) is 0 Å². The third-order valence-corrected chi connectivity index (χ3v) is 4.52. The number of amides is 1. The average Bonchev–Trinajstić information content (AvgIpc) is 3.10. The molecule has 8 nitrogen and oxygen atoms in total. The smallest absolute Gasteiger partial charge is 0.317 e. The van der Waals surface area contributed by atoms with Crippen LogP contribution in [-0.4, -0.2) is 62.2 Å². The standard InChI is InChI=1S/C17H21N5O3/c1-2-22(9-15(23)24)14-7-13(8-14)20-17(25)12-5-3-4-11(6-12)16-18-10-19-21-16/h3-6,10,13-14H,2,7-9H2,1H3,(H,20,25)(H,23,24)(H,18,19,21). The number of nitrogens with one attached hydrogen (secondary N) is 2. The minimum absolute atomic E-state index is 0.0427. The number of aromatic nitrogens is 3. The number of likely N-dealkylation sites (N-methyl/N-ethyl adjacent to an activating group) is 1. The molecule has 0 atom stereocenters. The lowest BCUT2D eigenvalue weighted by molar-refractivity contribution is -0.139. The molecule has 1 aliphatic rings. The molecule has 0 aliphatic heterocycles. The van der Waals surface area contributed by atoms with Crippen molar-refractivity contribution < 1.29 is 14.7 Å². The first-order valence-electron chi connectivity index (χ1n) is 8.29. The Morgan fingerprint density at radius 1 is 1.40 bits per heavy atom. The van der Waals surface area contributed by atoms with E-state index in [-0.39, 0.29) is 24.5 Å². The van der Waals surface area contributed by atoms with Crippen LogP contribution < -0.4 is 5.32 Å². The zero-order chi connectivity index (χ0) is 17.8. The van der Waals surface area contributed by atoms with Crippen LogP contribution in [0, 0.1) is 0 Å². The van der Waals surface area contributed by atoms with Crippen LogP contribution in [0.4, 0.5) is 0 Å². The van der Waals surface area contributed by atoms with Gasteiger partial charge in [0.25, 0.3) is 5.91 Å². The molecule has 132 valence electrons. The van der Waals surface area contributed by atoms with E-state index in [1.54, 1.807) is 12.1 Å². The van der Waals surface area contributed by atoms with Crippen molar-refractivity contribution in [3.05, 3.63) is 36.2 Å². The number of carboxylic acid groups (broad SMARTS) is 1. The maximum atomic E-state index is 12.4. The van der Waals surface area contributed by atoms with Gasteiger partial charge in [-0.25, -0.2) is 4.98 Å². The molecule has 1 saturated carbocycles. The summed E-state index contributed by atoms with van der Waals surface area (Å²) in [6, 6.07) is 7.49. The maximum Gasteiger partial charge on any atom is 0.317 e. The summed E-state index contributed by atoms with van der Waals surface area (Å²) in [5.74, 6) is -0.338. The van der Waals surface area contributed by atoms with E-state index in [0.29, 0.717) is 17.9 Å². The predicted octanol–water partition coefficient (Wildman–Crippen LogP) is 1.14. The maximum absolute atomic E-state index is 12.4. The molecule has 1 aromatic carbocycles. The topological polar surface area (TPSA) is 111 Å². The first kappa shape index (κ1) is 17.1. The van der Waals surface area contributed by atoms with Crippen molar-refractivity contribution in [1.29, 1.82) is 0 Å². The highest BCUT2D eigenvalue weighted by atomic mass is 16.4. The molecular weight excluding hydrogens is 322 g/mol. The van der Waals surface area contributed by atoms with E-state index in [1.165, 1.54) is 6.33 Å². The highest BCUT2D eigenvalue weighted by Crippen LogP contribution is 2.26. The quantitative estimate of drug-likeness (QED) is 0.695. The van der Waals surface area contributed by atoms with Gasteiger partial charge >= 0.3 is 5.97 Å². The molecule has 2 aromatic rings. The number of carboxylic acids is 1. The summed E-state index contributed by atoms with van der Waals surface area (Å²) in [6.45, 7) is 2.68.